The van der Waals surface area contributed by atoms with Crippen molar-refractivity contribution in [3.63, 3.8) is 0 Å². The van der Waals surface area contributed by atoms with E-state index in [1.165, 1.54) is 0 Å². The van der Waals surface area contributed by atoms with E-state index in [-0.39, 0.29) is 33.8 Å². The van der Waals surface area contributed by atoms with Gasteiger partial charge >= 0.3 is 11.0 Å². The van der Waals surface area contributed by atoms with E-state index in [1.54, 1.807) is 0 Å². The molecular weight excluding hydrogens is 212 g/mol. The van der Waals surface area contributed by atoms with Crippen molar-refractivity contribution in [2.45, 2.75) is 0 Å². The van der Waals surface area contributed by atoms with Crippen LogP contribution in [0.25, 0.3) is 11.0 Å². The Labute approximate surface area is 89.8 Å². The molecule has 0 aliphatic rings. The second-order valence-electron chi connectivity index (χ2n) is 3.30. The van der Waals surface area contributed by atoms with E-state index in [2.05, 4.69) is 0 Å². The van der Waals surface area contributed by atoms with Gasteiger partial charge in [0.25, 0.3) is 0 Å². The van der Waals surface area contributed by atoms with Crippen LogP contribution in [0.4, 0.5) is 22.7 Å². The quantitative estimate of drug-likeness (QED) is 0.239. The highest BCUT2D eigenvalue weighted by Gasteiger charge is 2.25. The van der Waals surface area contributed by atoms with Gasteiger partial charge in [-0.15, -0.1) is 0 Å². The molecule has 2 rings (SSSR count). The van der Waals surface area contributed by atoms with Crippen LogP contribution in [0, 0.1) is 10.4 Å². The summed E-state index contributed by atoms with van der Waals surface area (Å²) in [6.07, 6.45) is 2.03. The van der Waals surface area contributed by atoms with Gasteiger partial charge in [-0.2, -0.15) is 9.46 Å². The zero-order valence-electron chi connectivity index (χ0n) is 8.18. The summed E-state index contributed by atoms with van der Waals surface area (Å²) in [5.74, 6) is 0. The molecule has 8 heteroatoms. The molecule has 8 nitrogen and oxygen atoms in total. The summed E-state index contributed by atoms with van der Waals surface area (Å²) in [4.78, 5) is 0. The fourth-order valence-electron chi connectivity index (χ4n) is 1.52. The fourth-order valence-corrected chi connectivity index (χ4v) is 1.52. The Kier molecular flexibility index (Phi) is 1.81. The number of nitrogens with zero attached hydrogens (tertiary/aromatic N) is 2. The molecule has 1 aromatic carbocycles. The predicted molar refractivity (Wildman–Crippen MR) is 59.5 cm³/mol. The van der Waals surface area contributed by atoms with Gasteiger partial charge in [0.2, 0.25) is 12.4 Å². The van der Waals surface area contributed by atoms with E-state index in [4.69, 9.17) is 22.9 Å². The molecule has 1 heterocycles. The van der Waals surface area contributed by atoms with Crippen LogP contribution in [0.1, 0.15) is 0 Å². The number of fused-ring (bicyclic) bond motifs is 1. The van der Waals surface area contributed by atoms with Gasteiger partial charge in [-0.3, -0.25) is 0 Å². The number of aromatic nitrogens is 2. The number of benzene rings is 1. The molecule has 0 fully saturated rings. The van der Waals surface area contributed by atoms with Crippen LogP contribution in [0.15, 0.2) is 12.4 Å². The van der Waals surface area contributed by atoms with E-state index < -0.39 is 0 Å². The second kappa shape index (κ2) is 2.92. The third-order valence-electron chi connectivity index (χ3n) is 2.38. The van der Waals surface area contributed by atoms with Gasteiger partial charge in [0.05, 0.1) is 11.4 Å². The lowest BCUT2D eigenvalue weighted by Crippen LogP contribution is -2.38. The van der Waals surface area contributed by atoms with Crippen molar-refractivity contribution < 1.29 is 9.46 Å². The van der Waals surface area contributed by atoms with E-state index >= 15 is 0 Å². The molecule has 0 atom stereocenters. The SMILES string of the molecule is Nc1c(N)c(N)c2c(c1N)[n+]([O-])cc[n+]2[O-]. The van der Waals surface area contributed by atoms with Gasteiger partial charge in [-0.05, 0) is 0 Å². The molecule has 8 N–H and O–H groups in total. The van der Waals surface area contributed by atoms with Crippen LogP contribution >= 0.6 is 0 Å². The Hall–Kier alpha value is -2.64. The maximum Gasteiger partial charge on any atom is 0.317 e. The van der Waals surface area contributed by atoms with Gasteiger partial charge in [0, 0.05) is 0 Å². The first-order chi connectivity index (χ1) is 7.45. The van der Waals surface area contributed by atoms with Crippen LogP contribution < -0.4 is 32.4 Å². The average molecular weight is 222 g/mol. The van der Waals surface area contributed by atoms with Crippen molar-refractivity contribution in [1.29, 1.82) is 0 Å². The summed E-state index contributed by atoms with van der Waals surface area (Å²) in [6, 6.07) is 0. The van der Waals surface area contributed by atoms with Gasteiger partial charge in [0.15, 0.2) is 0 Å². The minimum Gasteiger partial charge on any atom is -0.618 e. The molecule has 0 saturated heterocycles. The highest BCUT2D eigenvalue weighted by atomic mass is 16.5. The number of anilines is 4. The topological polar surface area (TPSA) is 158 Å². The van der Waals surface area contributed by atoms with Crippen LogP contribution in [-0.4, -0.2) is 0 Å². The zero-order chi connectivity index (χ0) is 12.0. The summed E-state index contributed by atoms with van der Waals surface area (Å²) in [6.45, 7) is 0. The lowest BCUT2D eigenvalue weighted by atomic mass is 10.1. The Balaban J connectivity index is 3.14. The Morgan fingerprint density at radius 2 is 1.00 bits per heavy atom. The van der Waals surface area contributed by atoms with E-state index in [1.807, 2.05) is 0 Å². The van der Waals surface area contributed by atoms with E-state index in [9.17, 15) is 10.4 Å². The standard InChI is InChI=1S/C8H10N6O2/c9-3-4(10)6(12)8-7(5(3)11)13(15)1-2-14(8)16/h1-2H,9-12H2. The molecular formula is C8H10N6O2. The van der Waals surface area contributed by atoms with Gasteiger partial charge in [-0.1, -0.05) is 0 Å². The summed E-state index contributed by atoms with van der Waals surface area (Å²) in [5, 5.41) is 23.0. The predicted octanol–water partition coefficient (Wildman–Crippen LogP) is -1.56. The van der Waals surface area contributed by atoms with Crippen LogP contribution in [0.5, 0.6) is 0 Å². The Morgan fingerprint density at radius 3 is 1.31 bits per heavy atom. The lowest BCUT2D eigenvalue weighted by Gasteiger charge is -2.10. The minimum atomic E-state index is -0.0818. The molecule has 0 unspecified atom stereocenters. The fraction of sp³-hybridized carbons (Fsp3) is 0. The maximum absolute atomic E-state index is 11.5. The summed E-state index contributed by atoms with van der Waals surface area (Å²) < 4.78 is 0.844. The Morgan fingerprint density at radius 1 is 0.688 bits per heavy atom. The molecule has 0 aliphatic carbocycles. The normalized spacial score (nSPS) is 10.8. The molecule has 0 saturated carbocycles. The molecule has 84 valence electrons. The highest BCUT2D eigenvalue weighted by molar-refractivity contribution is 6.05. The molecule has 16 heavy (non-hydrogen) atoms. The molecule has 0 bridgehead atoms. The minimum absolute atomic E-state index is 0.000741. The van der Waals surface area contributed by atoms with Gasteiger partial charge < -0.3 is 33.3 Å². The van der Waals surface area contributed by atoms with Crippen LogP contribution in [-0.2, 0) is 0 Å². The lowest BCUT2D eigenvalue weighted by molar-refractivity contribution is -0.628. The maximum atomic E-state index is 11.5. The molecule has 0 radical (unpaired) electrons. The average Bonchev–Trinajstić information content (AvgIpc) is 2.26. The summed E-state index contributed by atoms with van der Waals surface area (Å²) in [7, 11) is 0. The smallest absolute Gasteiger partial charge is 0.317 e. The zero-order valence-corrected chi connectivity index (χ0v) is 8.18. The van der Waals surface area contributed by atoms with Crippen molar-refractivity contribution in [2.24, 2.45) is 0 Å². The highest BCUT2D eigenvalue weighted by Crippen LogP contribution is 2.34. The van der Waals surface area contributed by atoms with Crippen molar-refractivity contribution in [2.75, 3.05) is 22.9 Å². The van der Waals surface area contributed by atoms with E-state index in [0.717, 1.165) is 12.4 Å². The molecule has 1 aromatic heterocycles. The van der Waals surface area contributed by atoms with Gasteiger partial charge in [0.1, 0.15) is 11.4 Å². The van der Waals surface area contributed by atoms with E-state index in [0.29, 0.717) is 9.46 Å². The van der Waals surface area contributed by atoms with Crippen molar-refractivity contribution in [1.82, 2.24) is 0 Å². The van der Waals surface area contributed by atoms with Crippen molar-refractivity contribution in [3.8, 4) is 0 Å². The first-order valence-corrected chi connectivity index (χ1v) is 4.32. The van der Waals surface area contributed by atoms with Crippen LogP contribution in [0.3, 0.4) is 0 Å². The number of nitrogens with two attached hydrogens (primary N) is 4. The Bertz CT molecular complexity index is 545. The number of hydrogen-bond acceptors (Lipinski definition) is 6. The van der Waals surface area contributed by atoms with Crippen LogP contribution in [0.2, 0.25) is 0 Å². The number of rotatable bonds is 0. The van der Waals surface area contributed by atoms with Crippen molar-refractivity contribution in [3.05, 3.63) is 22.8 Å². The first kappa shape index (κ1) is 9.90. The molecule has 0 spiro atoms. The molecule has 2 aromatic rings. The second-order valence-corrected chi connectivity index (χ2v) is 3.30. The molecule has 0 amide bonds. The largest absolute Gasteiger partial charge is 0.618 e. The summed E-state index contributed by atoms with van der Waals surface area (Å²) >= 11 is 0. The monoisotopic (exact) mass is 222 g/mol. The molecule has 0 aliphatic heterocycles. The number of hydrogen-bond donors (Lipinski definition) is 4. The first-order valence-electron chi connectivity index (χ1n) is 4.32. The third-order valence-corrected chi connectivity index (χ3v) is 2.38. The van der Waals surface area contributed by atoms with Crippen molar-refractivity contribution >= 4 is 33.8 Å². The number of nitrogen functional groups attached to an aromatic ring is 4. The van der Waals surface area contributed by atoms with Gasteiger partial charge in [-0.25, -0.2) is 0 Å². The summed E-state index contributed by atoms with van der Waals surface area (Å²) in [5.41, 5.74) is 22.1. The third kappa shape index (κ3) is 1.03.